The lowest BCUT2D eigenvalue weighted by Gasteiger charge is -2.40. The first-order valence-electron chi connectivity index (χ1n) is 13.2. The number of likely N-dealkylation sites (tertiary alicyclic amines) is 1. The van der Waals surface area contributed by atoms with Crippen LogP contribution in [0, 0.1) is 17.8 Å². The number of thioether (sulfide) groups is 1. The number of nitrogens with zero attached hydrogens (tertiary/aromatic N) is 2. The highest BCUT2D eigenvalue weighted by Gasteiger charge is 2.76. The Bertz CT molecular complexity index is 1020. The number of carbonyl (C=O) groups excluding carboxylic acids is 3. The van der Waals surface area contributed by atoms with Crippen LogP contribution in [0.2, 0.25) is 0 Å². The van der Waals surface area contributed by atoms with Crippen LogP contribution in [0.5, 0.6) is 0 Å². The average Bonchev–Trinajstić information content (AvgIpc) is 3.48. The number of hydrogen-bond donors (Lipinski definition) is 1. The highest BCUT2D eigenvalue weighted by Crippen LogP contribution is 2.68. The molecule has 8 heteroatoms. The number of hydrogen-bond acceptors (Lipinski definition) is 6. The maximum absolute atomic E-state index is 14.3. The Morgan fingerprint density at radius 1 is 1.24 bits per heavy atom. The van der Waals surface area contributed by atoms with Crippen molar-refractivity contribution in [3.05, 3.63) is 61.2 Å². The fourth-order valence-electron chi connectivity index (χ4n) is 6.44. The van der Waals surface area contributed by atoms with E-state index in [0.29, 0.717) is 19.7 Å². The summed E-state index contributed by atoms with van der Waals surface area (Å²) in [5.41, 5.74) is 0.985. The number of allylic oxidation sites excluding steroid dienone is 1. The molecule has 2 amide bonds. The summed E-state index contributed by atoms with van der Waals surface area (Å²) in [7, 11) is 0. The molecule has 200 valence electrons. The van der Waals surface area contributed by atoms with Gasteiger partial charge < -0.3 is 19.6 Å². The molecule has 3 aliphatic rings. The van der Waals surface area contributed by atoms with Gasteiger partial charge in [-0.3, -0.25) is 14.4 Å². The van der Waals surface area contributed by atoms with E-state index < -0.39 is 22.6 Å². The minimum atomic E-state index is -0.754. The van der Waals surface area contributed by atoms with Crippen molar-refractivity contribution in [2.45, 2.75) is 55.2 Å². The molecule has 3 heterocycles. The molecular formula is C29H38N2O5S. The fourth-order valence-corrected chi connectivity index (χ4v) is 8.84. The zero-order valence-electron chi connectivity index (χ0n) is 21.6. The maximum Gasteiger partial charge on any atom is 0.310 e. The molecule has 3 saturated heterocycles. The number of unbranched alkanes of at least 4 members (excludes halogenated alkanes) is 2. The Hall–Kier alpha value is -2.58. The Balaban J connectivity index is 1.63. The Kier molecular flexibility index (Phi) is 8.80. The van der Waals surface area contributed by atoms with Crippen LogP contribution in [-0.2, 0) is 25.7 Å². The number of aliphatic hydroxyl groups excluding tert-OH is 1. The van der Waals surface area contributed by atoms with Gasteiger partial charge in [0.1, 0.15) is 6.04 Å². The number of fused-ring (bicyclic) bond motifs is 1. The molecule has 4 rings (SSSR count). The Morgan fingerprint density at radius 3 is 2.68 bits per heavy atom. The number of rotatable bonds is 13. The van der Waals surface area contributed by atoms with Crippen molar-refractivity contribution in [1.82, 2.24) is 9.80 Å². The lowest BCUT2D eigenvalue weighted by Crippen LogP contribution is -2.57. The van der Waals surface area contributed by atoms with E-state index in [2.05, 4.69) is 20.1 Å². The number of carbonyl (C=O) groups is 3. The van der Waals surface area contributed by atoms with Gasteiger partial charge in [0.05, 0.1) is 29.8 Å². The second kappa shape index (κ2) is 11.9. The quantitative estimate of drug-likeness (QED) is 0.241. The zero-order chi connectivity index (χ0) is 26.6. The third-order valence-corrected chi connectivity index (χ3v) is 10.1. The Labute approximate surface area is 223 Å². The summed E-state index contributed by atoms with van der Waals surface area (Å²) in [6.07, 6.45) is 6.79. The number of β-amino-alcohol motifs (C(OH)–C–C–N with tert-alkyl or cyclic N) is 1. The van der Waals surface area contributed by atoms with Crippen molar-refractivity contribution in [2.75, 3.05) is 26.3 Å². The molecule has 1 N–H and O–H groups in total. The van der Waals surface area contributed by atoms with Crippen LogP contribution in [0.3, 0.4) is 0 Å². The molecule has 6 atom stereocenters. The summed E-state index contributed by atoms with van der Waals surface area (Å²) in [5, 5.41) is 9.78. The molecule has 0 aliphatic carbocycles. The molecule has 3 fully saturated rings. The molecule has 2 bridgehead atoms. The van der Waals surface area contributed by atoms with Crippen LogP contribution in [0.1, 0.15) is 38.2 Å². The van der Waals surface area contributed by atoms with Crippen LogP contribution in [0.4, 0.5) is 0 Å². The molecule has 37 heavy (non-hydrogen) atoms. The van der Waals surface area contributed by atoms with Gasteiger partial charge in [-0.1, -0.05) is 49.4 Å². The average molecular weight is 527 g/mol. The molecule has 1 spiro atoms. The summed E-state index contributed by atoms with van der Waals surface area (Å²) >= 11 is 1.62. The highest BCUT2D eigenvalue weighted by molar-refractivity contribution is 8.02. The topological polar surface area (TPSA) is 87.2 Å². The molecule has 0 aromatic heterocycles. The largest absolute Gasteiger partial charge is 0.465 e. The maximum atomic E-state index is 14.3. The second-order valence-corrected chi connectivity index (χ2v) is 11.8. The van der Waals surface area contributed by atoms with Gasteiger partial charge in [-0.05, 0) is 37.2 Å². The van der Waals surface area contributed by atoms with Gasteiger partial charge in [0.2, 0.25) is 11.8 Å². The molecule has 1 aromatic rings. The van der Waals surface area contributed by atoms with Gasteiger partial charge >= 0.3 is 5.97 Å². The summed E-state index contributed by atoms with van der Waals surface area (Å²) < 4.78 is 4.93. The third kappa shape index (κ3) is 4.98. The van der Waals surface area contributed by atoms with Crippen molar-refractivity contribution >= 4 is 29.5 Å². The van der Waals surface area contributed by atoms with Crippen LogP contribution < -0.4 is 0 Å². The van der Waals surface area contributed by atoms with Gasteiger partial charge in [-0.2, -0.15) is 0 Å². The van der Waals surface area contributed by atoms with Crippen molar-refractivity contribution < 1.29 is 24.2 Å². The predicted octanol–water partition coefficient (Wildman–Crippen LogP) is 3.43. The van der Waals surface area contributed by atoms with Gasteiger partial charge in [-0.15, -0.1) is 24.9 Å². The molecular weight excluding hydrogens is 488 g/mol. The summed E-state index contributed by atoms with van der Waals surface area (Å²) in [6.45, 7) is 10.5. The van der Waals surface area contributed by atoms with Crippen LogP contribution >= 0.6 is 11.8 Å². The fraction of sp³-hybridized carbons (Fsp3) is 0.552. The lowest BCUT2D eigenvalue weighted by molar-refractivity contribution is -0.154. The van der Waals surface area contributed by atoms with E-state index in [0.717, 1.165) is 31.2 Å². The van der Waals surface area contributed by atoms with E-state index in [4.69, 9.17) is 4.74 Å². The Morgan fingerprint density at radius 2 is 2.00 bits per heavy atom. The number of ether oxygens (including phenoxy) is 1. The number of amides is 2. The molecule has 1 aromatic carbocycles. The summed E-state index contributed by atoms with van der Waals surface area (Å²) in [6, 6.07) is 8.98. The first-order valence-corrected chi connectivity index (χ1v) is 14.1. The standard InChI is InChI=1S/C29H38N2O5S/c1-4-6-7-11-17-36-28(35)23-22-18-20(3)29(37-22)24(23)26(33)31(15-16-32)25(29)27(34)30(14-5-2)19-21-12-9-8-10-13-21/h4-5,8-10,12-13,20,22-25,32H,1-2,6-7,11,14-19H2,3H3/t20?,22-,23+,24-,25?,29?/m0/s1. The van der Waals surface area contributed by atoms with E-state index in [1.807, 2.05) is 36.4 Å². The van der Waals surface area contributed by atoms with E-state index in [1.165, 1.54) is 4.90 Å². The first kappa shape index (κ1) is 27.5. The van der Waals surface area contributed by atoms with Crippen LogP contribution in [0.15, 0.2) is 55.6 Å². The van der Waals surface area contributed by atoms with Crippen LogP contribution in [-0.4, -0.2) is 75.0 Å². The van der Waals surface area contributed by atoms with Crippen molar-refractivity contribution in [2.24, 2.45) is 17.8 Å². The molecule has 7 nitrogen and oxygen atoms in total. The van der Waals surface area contributed by atoms with E-state index in [9.17, 15) is 19.5 Å². The minimum Gasteiger partial charge on any atom is -0.465 e. The lowest BCUT2D eigenvalue weighted by atomic mass is 9.66. The minimum absolute atomic E-state index is 0.0572. The third-order valence-electron chi connectivity index (χ3n) is 8.02. The number of benzene rings is 1. The first-order chi connectivity index (χ1) is 17.9. The van der Waals surface area contributed by atoms with Gasteiger partial charge in [0.25, 0.3) is 0 Å². The second-order valence-electron chi connectivity index (χ2n) is 10.3. The zero-order valence-corrected chi connectivity index (χ0v) is 22.4. The van der Waals surface area contributed by atoms with Crippen molar-refractivity contribution in [1.29, 1.82) is 0 Å². The summed E-state index contributed by atoms with van der Waals surface area (Å²) in [5.74, 6) is -1.86. The number of esters is 1. The van der Waals surface area contributed by atoms with E-state index >= 15 is 0 Å². The smallest absolute Gasteiger partial charge is 0.310 e. The normalized spacial score (nSPS) is 29.7. The molecule has 0 saturated carbocycles. The molecule has 3 unspecified atom stereocenters. The SMILES string of the molecule is C=CCCCCOC(=O)[C@@H]1[C@@H]2CC(C)C3(S2)C(C(=O)N(CC=C)Cc2ccccc2)N(CCO)C(=O)[C@H]13. The predicted molar refractivity (Wildman–Crippen MR) is 145 cm³/mol. The van der Waals surface area contributed by atoms with Crippen molar-refractivity contribution in [3.8, 4) is 0 Å². The van der Waals surface area contributed by atoms with E-state index in [1.54, 1.807) is 22.7 Å². The summed E-state index contributed by atoms with van der Waals surface area (Å²) in [4.78, 5) is 44.7. The van der Waals surface area contributed by atoms with Crippen LogP contribution in [0.25, 0.3) is 0 Å². The van der Waals surface area contributed by atoms with E-state index in [-0.39, 0.29) is 42.1 Å². The molecule has 0 radical (unpaired) electrons. The van der Waals surface area contributed by atoms with Gasteiger partial charge in [0, 0.05) is 24.9 Å². The van der Waals surface area contributed by atoms with Gasteiger partial charge in [-0.25, -0.2) is 0 Å². The number of aliphatic hydroxyl groups is 1. The monoisotopic (exact) mass is 526 g/mol. The molecule has 3 aliphatic heterocycles. The van der Waals surface area contributed by atoms with Crippen molar-refractivity contribution in [3.63, 3.8) is 0 Å². The highest BCUT2D eigenvalue weighted by atomic mass is 32.2. The van der Waals surface area contributed by atoms with Gasteiger partial charge in [0.15, 0.2) is 0 Å².